The van der Waals surface area contributed by atoms with Gasteiger partial charge in [0.1, 0.15) is 6.26 Å². The zero-order valence-electron chi connectivity index (χ0n) is 5.04. The Morgan fingerprint density at radius 2 is 2.30 bits per heavy atom. The first kappa shape index (κ1) is 7.56. The van der Waals surface area contributed by atoms with Gasteiger partial charge >= 0.3 is 0 Å². The number of hydrogen-bond acceptors (Lipinski definition) is 4. The normalized spacial score (nSPS) is 11.8. The lowest BCUT2D eigenvalue weighted by atomic mass is 10.8. The van der Waals surface area contributed by atoms with E-state index < -0.39 is 9.05 Å². The number of nitrogens with zero attached hydrogens (tertiary/aromatic N) is 1. The first-order chi connectivity index (χ1) is 4.50. The number of aromatic nitrogens is 1. The van der Waals surface area contributed by atoms with E-state index in [4.69, 9.17) is 10.7 Å². The Kier molecular flexibility index (Phi) is 1.70. The molecule has 0 amide bonds. The van der Waals surface area contributed by atoms with Crippen LogP contribution in [-0.2, 0) is 9.05 Å². The van der Waals surface area contributed by atoms with E-state index in [2.05, 4.69) is 9.40 Å². The summed E-state index contributed by atoms with van der Waals surface area (Å²) in [5.41, 5.74) is 0. The third-order valence-corrected chi connectivity index (χ3v) is 2.01. The van der Waals surface area contributed by atoms with Gasteiger partial charge in [-0.15, -0.1) is 0 Å². The lowest BCUT2D eigenvalue weighted by Gasteiger charge is -1.81. The second-order valence-corrected chi connectivity index (χ2v) is 4.16. The molecule has 0 aliphatic rings. The fraction of sp³-hybridized carbons (Fsp3) is 0.250. The van der Waals surface area contributed by atoms with E-state index >= 15 is 0 Å². The molecule has 1 aromatic heterocycles. The molecule has 10 heavy (non-hydrogen) atoms. The molecule has 0 aliphatic heterocycles. The summed E-state index contributed by atoms with van der Waals surface area (Å²) in [5, 5.41) is -0.244. The highest BCUT2D eigenvalue weighted by molar-refractivity contribution is 8.13. The summed E-state index contributed by atoms with van der Waals surface area (Å²) in [6.07, 6.45) is 0.998. The van der Waals surface area contributed by atoms with Crippen LogP contribution >= 0.6 is 10.7 Å². The maximum atomic E-state index is 10.5. The van der Waals surface area contributed by atoms with Crippen molar-refractivity contribution >= 4 is 19.7 Å². The second kappa shape index (κ2) is 2.25. The third-order valence-electron chi connectivity index (χ3n) is 0.848. The summed E-state index contributed by atoms with van der Waals surface area (Å²) >= 11 is 0. The number of hydrogen-bond donors (Lipinski definition) is 0. The molecule has 0 atom stereocenters. The average Bonchev–Trinajstić information content (AvgIpc) is 2.11. The highest BCUT2D eigenvalue weighted by Crippen LogP contribution is 2.12. The molecule has 56 valence electrons. The maximum Gasteiger partial charge on any atom is 0.281 e. The van der Waals surface area contributed by atoms with Gasteiger partial charge in [0.25, 0.3) is 9.05 Å². The van der Waals surface area contributed by atoms with E-state index in [-0.39, 0.29) is 10.9 Å². The molecular formula is C4H4ClNO3S. The molecule has 0 saturated carbocycles. The average molecular weight is 182 g/mol. The largest absolute Gasteiger partial charge is 0.448 e. The maximum absolute atomic E-state index is 10.5. The number of rotatable bonds is 1. The Morgan fingerprint density at radius 1 is 1.70 bits per heavy atom. The summed E-state index contributed by atoms with van der Waals surface area (Å²) in [5.74, 6) is 0.277. The van der Waals surface area contributed by atoms with Crippen molar-refractivity contribution in [2.75, 3.05) is 0 Å². The number of aryl methyl sites for hydroxylation is 1. The first-order valence-electron chi connectivity index (χ1n) is 2.37. The van der Waals surface area contributed by atoms with Crippen LogP contribution in [0.5, 0.6) is 0 Å². The van der Waals surface area contributed by atoms with Gasteiger partial charge in [0.2, 0.25) is 5.03 Å². The van der Waals surface area contributed by atoms with Crippen molar-refractivity contribution in [3.8, 4) is 0 Å². The fourth-order valence-corrected chi connectivity index (χ4v) is 1.07. The molecule has 1 aromatic rings. The van der Waals surface area contributed by atoms with Crippen molar-refractivity contribution in [1.29, 1.82) is 0 Å². The van der Waals surface area contributed by atoms with Crippen LogP contribution < -0.4 is 0 Å². The third kappa shape index (κ3) is 1.48. The van der Waals surface area contributed by atoms with Crippen molar-refractivity contribution in [2.24, 2.45) is 0 Å². The lowest BCUT2D eigenvalue weighted by Crippen LogP contribution is -1.89. The van der Waals surface area contributed by atoms with Gasteiger partial charge in [0, 0.05) is 17.6 Å². The van der Waals surface area contributed by atoms with Crippen molar-refractivity contribution in [3.05, 3.63) is 12.2 Å². The molecule has 0 spiro atoms. The first-order valence-corrected chi connectivity index (χ1v) is 4.68. The zero-order valence-corrected chi connectivity index (χ0v) is 6.61. The van der Waals surface area contributed by atoms with E-state index in [1.807, 2.05) is 0 Å². The minimum atomic E-state index is -3.71. The van der Waals surface area contributed by atoms with E-state index in [9.17, 15) is 8.42 Å². The van der Waals surface area contributed by atoms with Crippen LogP contribution in [-0.4, -0.2) is 13.4 Å². The smallest absolute Gasteiger partial charge is 0.281 e. The minimum absolute atomic E-state index is 0.244. The predicted molar refractivity (Wildman–Crippen MR) is 34.3 cm³/mol. The topological polar surface area (TPSA) is 60.2 Å². The Morgan fingerprint density at radius 3 is 2.50 bits per heavy atom. The molecule has 1 rings (SSSR count). The number of oxazole rings is 1. The van der Waals surface area contributed by atoms with Crippen LogP contribution in [0, 0.1) is 6.92 Å². The number of halogens is 1. The quantitative estimate of drug-likeness (QED) is 0.605. The summed E-state index contributed by atoms with van der Waals surface area (Å²) in [7, 11) is 1.21. The van der Waals surface area contributed by atoms with E-state index in [1.54, 1.807) is 0 Å². The highest BCUT2D eigenvalue weighted by Gasteiger charge is 2.13. The van der Waals surface area contributed by atoms with Crippen molar-refractivity contribution in [2.45, 2.75) is 11.9 Å². The molecule has 0 radical (unpaired) electrons. The van der Waals surface area contributed by atoms with Gasteiger partial charge in [-0.3, -0.25) is 0 Å². The SMILES string of the molecule is Cc1nc(S(=O)(=O)Cl)co1. The molecule has 0 unspecified atom stereocenters. The van der Waals surface area contributed by atoms with Crippen LogP contribution in [0.4, 0.5) is 0 Å². The summed E-state index contributed by atoms with van der Waals surface area (Å²) in [6, 6.07) is 0. The van der Waals surface area contributed by atoms with Gasteiger partial charge < -0.3 is 4.42 Å². The molecule has 6 heteroatoms. The van der Waals surface area contributed by atoms with Gasteiger partial charge in [0.05, 0.1) is 0 Å². The zero-order chi connectivity index (χ0) is 7.78. The molecule has 0 aliphatic carbocycles. The molecule has 0 bridgehead atoms. The molecule has 0 N–H and O–H groups in total. The lowest BCUT2D eigenvalue weighted by molar-refractivity contribution is 0.519. The Balaban J connectivity index is 3.21. The molecular weight excluding hydrogens is 178 g/mol. The van der Waals surface area contributed by atoms with Crippen LogP contribution in [0.2, 0.25) is 0 Å². The second-order valence-electron chi connectivity index (χ2n) is 1.64. The van der Waals surface area contributed by atoms with Crippen molar-refractivity contribution < 1.29 is 12.8 Å². The van der Waals surface area contributed by atoms with Gasteiger partial charge in [-0.25, -0.2) is 13.4 Å². The van der Waals surface area contributed by atoms with Crippen LogP contribution in [0.25, 0.3) is 0 Å². The minimum Gasteiger partial charge on any atom is -0.448 e. The fourth-order valence-electron chi connectivity index (χ4n) is 0.456. The highest BCUT2D eigenvalue weighted by atomic mass is 35.7. The Hall–Kier alpha value is -0.550. The summed E-state index contributed by atoms with van der Waals surface area (Å²) in [4.78, 5) is 3.50. The summed E-state index contributed by atoms with van der Waals surface area (Å²) < 4.78 is 25.6. The van der Waals surface area contributed by atoms with Gasteiger partial charge in [0.15, 0.2) is 5.89 Å². The monoisotopic (exact) mass is 181 g/mol. The van der Waals surface area contributed by atoms with Crippen LogP contribution in [0.15, 0.2) is 15.7 Å². The van der Waals surface area contributed by atoms with Crippen molar-refractivity contribution in [1.82, 2.24) is 4.98 Å². The van der Waals surface area contributed by atoms with Gasteiger partial charge in [-0.2, -0.15) is 0 Å². The standard InChI is InChI=1S/C4H4ClNO3S/c1-3-6-4(2-9-3)10(5,7)8/h2H,1H3. The predicted octanol–water partition coefficient (Wildman–Crippen LogP) is 0.911. The van der Waals surface area contributed by atoms with E-state index in [0.29, 0.717) is 0 Å². The molecule has 0 saturated heterocycles. The van der Waals surface area contributed by atoms with Crippen LogP contribution in [0.1, 0.15) is 5.89 Å². The summed E-state index contributed by atoms with van der Waals surface area (Å²) in [6.45, 7) is 1.53. The van der Waals surface area contributed by atoms with E-state index in [1.165, 1.54) is 6.92 Å². The van der Waals surface area contributed by atoms with Gasteiger partial charge in [-0.05, 0) is 0 Å². The Bertz CT molecular complexity index is 328. The van der Waals surface area contributed by atoms with E-state index in [0.717, 1.165) is 6.26 Å². The van der Waals surface area contributed by atoms with Crippen molar-refractivity contribution in [3.63, 3.8) is 0 Å². The van der Waals surface area contributed by atoms with Gasteiger partial charge in [-0.1, -0.05) is 0 Å². The molecule has 0 aromatic carbocycles. The van der Waals surface area contributed by atoms with Crippen LogP contribution in [0.3, 0.4) is 0 Å². The molecule has 0 fully saturated rings. The Labute approximate surface area is 62.2 Å². The molecule has 1 heterocycles. The molecule has 4 nitrogen and oxygen atoms in total.